The van der Waals surface area contributed by atoms with E-state index < -0.39 is 0 Å². The van der Waals surface area contributed by atoms with Crippen molar-refractivity contribution in [1.82, 2.24) is 4.90 Å². The summed E-state index contributed by atoms with van der Waals surface area (Å²) in [6.07, 6.45) is 1.99. The molecular formula is C10H20N2O. The molecular weight excluding hydrogens is 164 g/mol. The van der Waals surface area contributed by atoms with Crippen molar-refractivity contribution >= 4 is 5.91 Å². The van der Waals surface area contributed by atoms with Gasteiger partial charge in [0.2, 0.25) is 5.91 Å². The Balaban J connectivity index is 2.29. The van der Waals surface area contributed by atoms with Crippen LogP contribution >= 0.6 is 0 Å². The molecule has 76 valence electrons. The molecule has 3 heteroatoms. The van der Waals surface area contributed by atoms with Crippen molar-refractivity contribution in [2.24, 2.45) is 17.6 Å². The average molecular weight is 184 g/mol. The van der Waals surface area contributed by atoms with Crippen LogP contribution in [-0.4, -0.2) is 30.4 Å². The molecule has 1 fully saturated rings. The average Bonchev–Trinajstić information content (AvgIpc) is 2.79. The van der Waals surface area contributed by atoms with Crippen LogP contribution < -0.4 is 5.73 Å². The number of rotatable bonds is 4. The van der Waals surface area contributed by atoms with Crippen LogP contribution in [0.1, 0.15) is 26.7 Å². The fourth-order valence-electron chi connectivity index (χ4n) is 1.55. The van der Waals surface area contributed by atoms with E-state index >= 15 is 0 Å². The fraction of sp³-hybridized carbons (Fsp3) is 0.900. The summed E-state index contributed by atoms with van der Waals surface area (Å²) >= 11 is 0. The smallest absolute Gasteiger partial charge is 0.239 e. The van der Waals surface area contributed by atoms with Gasteiger partial charge in [0.05, 0.1) is 6.04 Å². The van der Waals surface area contributed by atoms with E-state index in [1.165, 1.54) is 6.42 Å². The molecule has 1 aliphatic rings. The molecule has 0 saturated heterocycles. The number of nitrogens with two attached hydrogens (primary N) is 1. The summed E-state index contributed by atoms with van der Waals surface area (Å²) in [6.45, 7) is 5.05. The van der Waals surface area contributed by atoms with Gasteiger partial charge >= 0.3 is 0 Å². The Morgan fingerprint density at radius 2 is 2.23 bits per heavy atom. The molecule has 0 aromatic rings. The quantitative estimate of drug-likeness (QED) is 0.703. The number of amides is 1. The van der Waals surface area contributed by atoms with Gasteiger partial charge < -0.3 is 10.6 Å². The van der Waals surface area contributed by atoms with Gasteiger partial charge in [-0.3, -0.25) is 4.79 Å². The van der Waals surface area contributed by atoms with Gasteiger partial charge in [0.1, 0.15) is 0 Å². The van der Waals surface area contributed by atoms with Gasteiger partial charge in [-0.15, -0.1) is 0 Å². The van der Waals surface area contributed by atoms with E-state index in [9.17, 15) is 4.79 Å². The standard InChI is InChI=1S/C10H20N2O/c1-4-9(11)10(13)12(3)6-8-5-7(8)2/h7-9H,4-6,11H2,1-3H3. The van der Waals surface area contributed by atoms with Crippen molar-refractivity contribution in [2.75, 3.05) is 13.6 Å². The zero-order valence-electron chi connectivity index (χ0n) is 8.79. The summed E-state index contributed by atoms with van der Waals surface area (Å²) in [4.78, 5) is 13.3. The number of carbonyl (C=O) groups is 1. The third-order valence-electron chi connectivity index (χ3n) is 2.92. The zero-order valence-corrected chi connectivity index (χ0v) is 8.79. The molecule has 1 rings (SSSR count). The fourth-order valence-corrected chi connectivity index (χ4v) is 1.55. The lowest BCUT2D eigenvalue weighted by Gasteiger charge is -2.20. The van der Waals surface area contributed by atoms with E-state index in [0.29, 0.717) is 0 Å². The number of hydrogen-bond donors (Lipinski definition) is 1. The summed E-state index contributed by atoms with van der Waals surface area (Å²) in [6, 6.07) is -0.306. The molecule has 3 nitrogen and oxygen atoms in total. The van der Waals surface area contributed by atoms with E-state index in [-0.39, 0.29) is 11.9 Å². The predicted octanol–water partition coefficient (Wildman–Crippen LogP) is 0.838. The van der Waals surface area contributed by atoms with Gasteiger partial charge in [-0.25, -0.2) is 0 Å². The minimum Gasteiger partial charge on any atom is -0.344 e. The molecule has 13 heavy (non-hydrogen) atoms. The van der Waals surface area contributed by atoms with E-state index in [1.807, 2.05) is 14.0 Å². The molecule has 0 heterocycles. The van der Waals surface area contributed by atoms with Crippen molar-refractivity contribution in [1.29, 1.82) is 0 Å². The zero-order chi connectivity index (χ0) is 10.0. The van der Waals surface area contributed by atoms with Gasteiger partial charge in [0.15, 0.2) is 0 Å². The first-order valence-corrected chi connectivity index (χ1v) is 5.06. The Bertz CT molecular complexity index is 193. The minimum atomic E-state index is -0.306. The van der Waals surface area contributed by atoms with Crippen LogP contribution in [0, 0.1) is 11.8 Å². The summed E-state index contributed by atoms with van der Waals surface area (Å²) < 4.78 is 0. The van der Waals surface area contributed by atoms with Crippen LogP contribution in [0.2, 0.25) is 0 Å². The highest BCUT2D eigenvalue weighted by atomic mass is 16.2. The number of nitrogens with zero attached hydrogens (tertiary/aromatic N) is 1. The van der Waals surface area contributed by atoms with Crippen LogP contribution in [0.4, 0.5) is 0 Å². The van der Waals surface area contributed by atoms with E-state index in [2.05, 4.69) is 6.92 Å². The first-order chi connectivity index (χ1) is 6.06. The lowest BCUT2D eigenvalue weighted by molar-refractivity contribution is -0.131. The molecule has 0 aliphatic heterocycles. The van der Waals surface area contributed by atoms with Gasteiger partial charge in [0, 0.05) is 13.6 Å². The first-order valence-electron chi connectivity index (χ1n) is 5.06. The Morgan fingerprint density at radius 1 is 1.69 bits per heavy atom. The SMILES string of the molecule is CCC(N)C(=O)N(C)CC1CC1C. The van der Waals surface area contributed by atoms with Crippen molar-refractivity contribution in [2.45, 2.75) is 32.7 Å². The lowest BCUT2D eigenvalue weighted by atomic mass is 10.2. The van der Waals surface area contributed by atoms with Crippen LogP contribution in [0.25, 0.3) is 0 Å². The normalized spacial score (nSPS) is 28.3. The molecule has 3 unspecified atom stereocenters. The van der Waals surface area contributed by atoms with Crippen LogP contribution in [0.15, 0.2) is 0 Å². The number of carbonyl (C=O) groups excluding carboxylic acids is 1. The lowest BCUT2D eigenvalue weighted by Crippen LogP contribution is -2.42. The molecule has 2 N–H and O–H groups in total. The molecule has 1 aliphatic carbocycles. The summed E-state index contributed by atoms with van der Waals surface area (Å²) in [7, 11) is 1.85. The van der Waals surface area contributed by atoms with E-state index in [0.717, 1.165) is 24.8 Å². The molecule has 0 aromatic carbocycles. The Hall–Kier alpha value is -0.570. The van der Waals surface area contributed by atoms with Crippen LogP contribution in [-0.2, 0) is 4.79 Å². The second kappa shape index (κ2) is 4.09. The van der Waals surface area contributed by atoms with Gasteiger partial charge in [-0.1, -0.05) is 13.8 Å². The third kappa shape index (κ3) is 2.69. The molecule has 0 bridgehead atoms. The monoisotopic (exact) mass is 184 g/mol. The highest BCUT2D eigenvalue weighted by Gasteiger charge is 2.34. The number of hydrogen-bond acceptors (Lipinski definition) is 2. The van der Waals surface area contributed by atoms with E-state index in [1.54, 1.807) is 4.90 Å². The maximum Gasteiger partial charge on any atom is 0.239 e. The summed E-state index contributed by atoms with van der Waals surface area (Å²) in [5.74, 6) is 1.60. The van der Waals surface area contributed by atoms with Crippen molar-refractivity contribution < 1.29 is 4.79 Å². The maximum atomic E-state index is 11.5. The Morgan fingerprint density at radius 3 is 2.62 bits per heavy atom. The van der Waals surface area contributed by atoms with Gasteiger partial charge in [0.25, 0.3) is 0 Å². The number of likely N-dealkylation sites (N-methyl/N-ethyl adjacent to an activating group) is 1. The third-order valence-corrected chi connectivity index (χ3v) is 2.92. The van der Waals surface area contributed by atoms with Crippen molar-refractivity contribution in [3.05, 3.63) is 0 Å². The van der Waals surface area contributed by atoms with Crippen LogP contribution in [0.5, 0.6) is 0 Å². The van der Waals surface area contributed by atoms with Gasteiger partial charge in [-0.2, -0.15) is 0 Å². The van der Waals surface area contributed by atoms with E-state index in [4.69, 9.17) is 5.73 Å². The minimum absolute atomic E-state index is 0.0848. The molecule has 0 spiro atoms. The Kier molecular flexibility index (Phi) is 3.31. The highest BCUT2D eigenvalue weighted by Crippen LogP contribution is 2.37. The molecule has 3 atom stereocenters. The Labute approximate surface area is 80.3 Å². The molecule has 1 amide bonds. The van der Waals surface area contributed by atoms with Crippen molar-refractivity contribution in [3.63, 3.8) is 0 Å². The summed E-state index contributed by atoms with van der Waals surface area (Å²) in [5.41, 5.74) is 5.66. The molecule has 0 aromatic heterocycles. The second-order valence-electron chi connectivity index (χ2n) is 4.21. The second-order valence-corrected chi connectivity index (χ2v) is 4.21. The molecule has 0 radical (unpaired) electrons. The largest absolute Gasteiger partial charge is 0.344 e. The maximum absolute atomic E-state index is 11.5. The topological polar surface area (TPSA) is 46.3 Å². The molecule has 1 saturated carbocycles. The first kappa shape index (κ1) is 10.5. The van der Waals surface area contributed by atoms with Gasteiger partial charge in [-0.05, 0) is 24.7 Å². The highest BCUT2D eigenvalue weighted by molar-refractivity contribution is 5.81. The van der Waals surface area contributed by atoms with Crippen molar-refractivity contribution in [3.8, 4) is 0 Å². The summed E-state index contributed by atoms with van der Waals surface area (Å²) in [5, 5.41) is 0. The van der Waals surface area contributed by atoms with Crippen LogP contribution in [0.3, 0.4) is 0 Å². The predicted molar refractivity (Wildman–Crippen MR) is 53.2 cm³/mol.